The van der Waals surface area contributed by atoms with Crippen molar-refractivity contribution in [2.24, 2.45) is 0 Å². The minimum atomic E-state index is -0.397. The number of halogens is 2. The fraction of sp³-hybridized carbons (Fsp3) is 0.214. The summed E-state index contributed by atoms with van der Waals surface area (Å²) in [5.41, 5.74) is 1.03. The van der Waals surface area contributed by atoms with E-state index in [9.17, 15) is 9.59 Å². The number of benzene rings is 1. The Bertz CT molecular complexity index is 746. The first-order chi connectivity index (χ1) is 10.5. The number of nitrogens with one attached hydrogen (secondary N) is 2. The summed E-state index contributed by atoms with van der Waals surface area (Å²) < 4.78 is 1.42. The van der Waals surface area contributed by atoms with Crippen molar-refractivity contribution in [2.45, 2.75) is 13.5 Å². The third kappa shape index (κ3) is 4.47. The highest BCUT2D eigenvalue weighted by Crippen LogP contribution is 2.24. The van der Waals surface area contributed by atoms with Gasteiger partial charge in [0.25, 0.3) is 5.56 Å². The Morgan fingerprint density at radius 3 is 2.73 bits per heavy atom. The molecule has 0 spiro atoms. The first-order valence-corrected chi connectivity index (χ1v) is 7.24. The van der Waals surface area contributed by atoms with Gasteiger partial charge in [-0.05, 0) is 25.1 Å². The molecule has 2 N–H and O–H groups in total. The van der Waals surface area contributed by atoms with E-state index in [1.807, 2.05) is 0 Å². The molecule has 1 heterocycles. The average Bonchev–Trinajstić information content (AvgIpc) is 2.45. The monoisotopic (exact) mass is 340 g/mol. The molecule has 0 saturated carbocycles. The molecule has 2 rings (SSSR count). The minimum absolute atomic E-state index is 0.154. The molecule has 22 heavy (non-hydrogen) atoms. The molecule has 2 aromatic rings. The van der Waals surface area contributed by atoms with Gasteiger partial charge in [0.05, 0.1) is 16.4 Å². The molecule has 0 radical (unpaired) electrons. The number of rotatable bonds is 4. The molecule has 1 aromatic heterocycles. The zero-order chi connectivity index (χ0) is 16.1. The summed E-state index contributed by atoms with van der Waals surface area (Å²) in [7, 11) is 0. The number of carbonyl (C=O) groups is 1. The predicted octanol–water partition coefficient (Wildman–Crippen LogP) is 2.68. The maximum absolute atomic E-state index is 11.7. The summed E-state index contributed by atoms with van der Waals surface area (Å²) in [6.07, 6.45) is 1.45. The molecule has 0 bridgehead atoms. The molecule has 0 aliphatic carbocycles. The van der Waals surface area contributed by atoms with Crippen molar-refractivity contribution >= 4 is 34.9 Å². The number of hydrogen-bond acceptors (Lipinski definition) is 3. The fourth-order valence-electron chi connectivity index (χ4n) is 1.72. The van der Waals surface area contributed by atoms with Gasteiger partial charge in [-0.2, -0.15) is 0 Å². The van der Waals surface area contributed by atoms with Crippen LogP contribution in [0.4, 0.5) is 10.5 Å². The van der Waals surface area contributed by atoms with E-state index in [2.05, 4.69) is 15.6 Å². The molecular weight excluding hydrogens is 327 g/mol. The summed E-state index contributed by atoms with van der Waals surface area (Å²) in [5.74, 6) is 0. The van der Waals surface area contributed by atoms with Gasteiger partial charge < -0.3 is 10.6 Å². The second-order valence-electron chi connectivity index (χ2n) is 4.57. The molecule has 8 heteroatoms. The number of nitrogens with zero attached hydrogens (tertiary/aromatic N) is 2. The van der Waals surface area contributed by atoms with Crippen LogP contribution in [0.1, 0.15) is 5.69 Å². The Morgan fingerprint density at radius 2 is 2.05 bits per heavy atom. The number of aromatic nitrogens is 2. The maximum Gasteiger partial charge on any atom is 0.319 e. The van der Waals surface area contributed by atoms with Gasteiger partial charge in [-0.15, -0.1) is 0 Å². The molecule has 0 saturated heterocycles. The van der Waals surface area contributed by atoms with E-state index in [1.165, 1.54) is 17.0 Å². The van der Waals surface area contributed by atoms with Crippen LogP contribution in [0.15, 0.2) is 35.4 Å². The van der Waals surface area contributed by atoms with Crippen molar-refractivity contribution < 1.29 is 4.79 Å². The lowest BCUT2D eigenvalue weighted by Crippen LogP contribution is -2.33. The predicted molar refractivity (Wildman–Crippen MR) is 86.7 cm³/mol. The molecule has 0 atom stereocenters. The van der Waals surface area contributed by atoms with Gasteiger partial charge in [-0.1, -0.05) is 23.2 Å². The molecule has 0 fully saturated rings. The summed E-state index contributed by atoms with van der Waals surface area (Å²) in [5, 5.41) is 6.04. The van der Waals surface area contributed by atoms with E-state index in [4.69, 9.17) is 23.2 Å². The topological polar surface area (TPSA) is 76.0 Å². The van der Waals surface area contributed by atoms with Crippen molar-refractivity contribution in [2.75, 3.05) is 11.9 Å². The number of carbonyl (C=O) groups excluding carboxylic acids is 1. The van der Waals surface area contributed by atoms with Crippen molar-refractivity contribution in [3.05, 3.63) is 56.7 Å². The van der Waals surface area contributed by atoms with Gasteiger partial charge >= 0.3 is 6.03 Å². The van der Waals surface area contributed by atoms with Crippen LogP contribution in [0.25, 0.3) is 0 Å². The van der Waals surface area contributed by atoms with Crippen LogP contribution in [-0.2, 0) is 6.54 Å². The second kappa shape index (κ2) is 7.29. The third-order valence-electron chi connectivity index (χ3n) is 2.83. The largest absolute Gasteiger partial charge is 0.336 e. The Hall–Kier alpha value is -2.05. The van der Waals surface area contributed by atoms with Gasteiger partial charge in [0.15, 0.2) is 0 Å². The number of anilines is 1. The van der Waals surface area contributed by atoms with Gasteiger partial charge in [0.2, 0.25) is 0 Å². The first-order valence-electron chi connectivity index (χ1n) is 6.48. The van der Waals surface area contributed by atoms with Crippen molar-refractivity contribution in [1.29, 1.82) is 0 Å². The molecular formula is C14H14Cl2N4O2. The lowest BCUT2D eigenvalue weighted by molar-refractivity contribution is 0.251. The normalized spacial score (nSPS) is 10.3. The standard InChI is InChI=1S/C14H14Cl2N4O2/c1-9-6-13(21)20(8-18-9)5-4-17-14(22)19-10-2-3-11(15)12(16)7-10/h2-3,6-8H,4-5H2,1H3,(H2,17,19,22). The highest BCUT2D eigenvalue weighted by molar-refractivity contribution is 6.42. The number of hydrogen-bond donors (Lipinski definition) is 2. The van der Waals surface area contributed by atoms with Crippen LogP contribution in [0.5, 0.6) is 0 Å². The fourth-order valence-corrected chi connectivity index (χ4v) is 2.02. The smallest absolute Gasteiger partial charge is 0.319 e. The molecule has 116 valence electrons. The quantitative estimate of drug-likeness (QED) is 0.898. The molecule has 1 aromatic carbocycles. The van der Waals surface area contributed by atoms with Gasteiger partial charge in [0.1, 0.15) is 0 Å². The van der Waals surface area contributed by atoms with E-state index in [1.54, 1.807) is 25.1 Å². The zero-order valence-electron chi connectivity index (χ0n) is 11.8. The Morgan fingerprint density at radius 1 is 1.27 bits per heavy atom. The summed E-state index contributed by atoms with van der Waals surface area (Å²) in [6, 6.07) is 5.83. The summed E-state index contributed by atoms with van der Waals surface area (Å²) >= 11 is 11.7. The molecule has 6 nitrogen and oxygen atoms in total. The average molecular weight is 341 g/mol. The van der Waals surface area contributed by atoms with Gasteiger partial charge in [0, 0.05) is 30.5 Å². The lowest BCUT2D eigenvalue weighted by atomic mass is 10.3. The summed E-state index contributed by atoms with van der Waals surface area (Å²) in [4.78, 5) is 27.4. The Labute approximate surface area is 137 Å². The highest BCUT2D eigenvalue weighted by atomic mass is 35.5. The zero-order valence-corrected chi connectivity index (χ0v) is 13.3. The number of amides is 2. The van der Waals surface area contributed by atoms with Crippen LogP contribution < -0.4 is 16.2 Å². The van der Waals surface area contributed by atoms with Crippen molar-refractivity contribution in [3.8, 4) is 0 Å². The van der Waals surface area contributed by atoms with Crippen LogP contribution >= 0.6 is 23.2 Å². The molecule has 0 aliphatic rings. The SMILES string of the molecule is Cc1cc(=O)n(CCNC(=O)Nc2ccc(Cl)c(Cl)c2)cn1. The van der Waals surface area contributed by atoms with E-state index >= 15 is 0 Å². The summed E-state index contributed by atoms with van der Waals surface area (Å²) in [6.45, 7) is 2.37. The second-order valence-corrected chi connectivity index (χ2v) is 5.39. The third-order valence-corrected chi connectivity index (χ3v) is 3.57. The Kier molecular flexibility index (Phi) is 5.41. The van der Waals surface area contributed by atoms with E-state index in [-0.39, 0.29) is 12.1 Å². The molecule has 2 amide bonds. The van der Waals surface area contributed by atoms with E-state index in [0.29, 0.717) is 28.0 Å². The van der Waals surface area contributed by atoms with Crippen LogP contribution in [0.2, 0.25) is 10.0 Å². The van der Waals surface area contributed by atoms with E-state index in [0.717, 1.165) is 0 Å². The molecule has 0 unspecified atom stereocenters. The van der Waals surface area contributed by atoms with Gasteiger partial charge in [-0.25, -0.2) is 9.78 Å². The lowest BCUT2D eigenvalue weighted by Gasteiger charge is -2.09. The Balaban J connectivity index is 1.85. The van der Waals surface area contributed by atoms with Crippen molar-refractivity contribution in [1.82, 2.24) is 14.9 Å². The van der Waals surface area contributed by atoms with Crippen LogP contribution in [-0.4, -0.2) is 22.1 Å². The number of urea groups is 1. The van der Waals surface area contributed by atoms with E-state index < -0.39 is 6.03 Å². The van der Waals surface area contributed by atoms with Crippen LogP contribution in [0.3, 0.4) is 0 Å². The maximum atomic E-state index is 11.7. The molecule has 0 aliphatic heterocycles. The van der Waals surface area contributed by atoms with Crippen LogP contribution in [0, 0.1) is 6.92 Å². The minimum Gasteiger partial charge on any atom is -0.336 e. The number of aryl methyl sites for hydroxylation is 1. The van der Waals surface area contributed by atoms with Gasteiger partial charge in [-0.3, -0.25) is 9.36 Å². The highest BCUT2D eigenvalue weighted by Gasteiger charge is 2.04. The van der Waals surface area contributed by atoms with Crippen molar-refractivity contribution in [3.63, 3.8) is 0 Å². The first kappa shape index (κ1) is 16.3.